The van der Waals surface area contributed by atoms with Gasteiger partial charge in [-0.2, -0.15) is 0 Å². The molecule has 2 aliphatic rings. The molecule has 10 nitrogen and oxygen atoms in total. The molecule has 26 heavy (non-hydrogen) atoms. The predicted octanol–water partition coefficient (Wildman–Crippen LogP) is 1.21. The van der Waals surface area contributed by atoms with Gasteiger partial charge in [-0.1, -0.05) is 26.2 Å². The summed E-state index contributed by atoms with van der Waals surface area (Å²) in [6, 6.07) is 0. The van der Waals surface area contributed by atoms with E-state index in [1.807, 2.05) is 0 Å². The van der Waals surface area contributed by atoms with Gasteiger partial charge in [-0.05, 0) is 12.8 Å². The molecule has 3 rings (SSSR count). The summed E-state index contributed by atoms with van der Waals surface area (Å²) in [4.78, 5) is 37.8. The maximum absolute atomic E-state index is 12.1. The molecule has 2 saturated heterocycles. The van der Waals surface area contributed by atoms with Gasteiger partial charge < -0.3 is 24.8 Å². The van der Waals surface area contributed by atoms with E-state index in [0.717, 1.165) is 25.7 Å². The van der Waals surface area contributed by atoms with Crippen LogP contribution in [0.15, 0.2) is 15.8 Å². The third-order valence-electron chi connectivity index (χ3n) is 4.49. The number of aryl methyl sites for hydroxylation is 1. The SMILES string of the molecule is CCCCCCc1cn(C2CC3OP(=O)([O-])OCC3O2)c(=O)[nH]c1=O.[NH4+]. The Balaban J connectivity index is 0.00000243. The van der Waals surface area contributed by atoms with Gasteiger partial charge in [-0.15, -0.1) is 0 Å². The largest absolute Gasteiger partial charge is 0.756 e. The molecule has 0 amide bonds. The summed E-state index contributed by atoms with van der Waals surface area (Å²) in [5.74, 6) is 0. The zero-order valence-corrected chi connectivity index (χ0v) is 15.9. The lowest BCUT2D eigenvalue weighted by molar-refractivity contribution is -0.243. The molecule has 0 aliphatic carbocycles. The van der Waals surface area contributed by atoms with E-state index in [1.165, 1.54) is 10.8 Å². The van der Waals surface area contributed by atoms with Crippen molar-refractivity contribution in [2.75, 3.05) is 6.61 Å². The topological polar surface area (TPSA) is 159 Å². The molecule has 0 radical (unpaired) electrons. The van der Waals surface area contributed by atoms with Crippen molar-refractivity contribution in [3.05, 3.63) is 32.6 Å². The number of rotatable bonds is 6. The van der Waals surface area contributed by atoms with Crippen LogP contribution in [0.3, 0.4) is 0 Å². The fraction of sp³-hybridized carbons (Fsp3) is 0.733. The molecule has 2 fully saturated rings. The highest BCUT2D eigenvalue weighted by atomic mass is 31.2. The number of hydrogen-bond acceptors (Lipinski definition) is 7. The Morgan fingerprint density at radius 3 is 2.81 bits per heavy atom. The van der Waals surface area contributed by atoms with Crippen molar-refractivity contribution in [2.45, 2.75) is 63.9 Å². The average Bonchev–Trinajstić information content (AvgIpc) is 2.94. The van der Waals surface area contributed by atoms with Gasteiger partial charge in [0.1, 0.15) is 12.3 Å². The minimum atomic E-state index is -4.30. The smallest absolute Gasteiger partial charge is 0.330 e. The first-order valence-corrected chi connectivity index (χ1v) is 9.99. The minimum Gasteiger partial charge on any atom is -0.756 e. The van der Waals surface area contributed by atoms with Crippen molar-refractivity contribution in [1.82, 2.24) is 15.7 Å². The third-order valence-corrected chi connectivity index (χ3v) is 5.49. The lowest BCUT2D eigenvalue weighted by atomic mass is 10.1. The second kappa shape index (κ2) is 8.60. The summed E-state index contributed by atoms with van der Waals surface area (Å²) in [6.45, 7) is 1.97. The van der Waals surface area contributed by atoms with E-state index < -0.39 is 37.5 Å². The second-order valence-electron chi connectivity index (χ2n) is 6.38. The molecule has 11 heteroatoms. The Morgan fingerprint density at radius 2 is 2.08 bits per heavy atom. The van der Waals surface area contributed by atoms with E-state index in [2.05, 4.69) is 16.4 Å². The van der Waals surface area contributed by atoms with Crippen molar-refractivity contribution in [3.8, 4) is 0 Å². The number of nitrogens with one attached hydrogen (secondary N) is 1. The first kappa shape index (κ1) is 21.0. The molecule has 0 bridgehead atoms. The van der Waals surface area contributed by atoms with Gasteiger partial charge in [0.05, 0.1) is 12.7 Å². The number of fused-ring (bicyclic) bond motifs is 1. The molecule has 4 atom stereocenters. The van der Waals surface area contributed by atoms with Crippen molar-refractivity contribution in [1.29, 1.82) is 0 Å². The molecule has 4 unspecified atom stereocenters. The summed E-state index contributed by atoms with van der Waals surface area (Å²) >= 11 is 0. The molecular formula is C15H26N3O7P. The van der Waals surface area contributed by atoms with Crippen LogP contribution in [0.25, 0.3) is 0 Å². The fourth-order valence-corrected chi connectivity index (χ4v) is 4.10. The number of ether oxygens (including phenoxy) is 1. The van der Waals surface area contributed by atoms with Gasteiger partial charge in [0.15, 0.2) is 0 Å². The summed E-state index contributed by atoms with van der Waals surface area (Å²) in [5, 5.41) is 0. The van der Waals surface area contributed by atoms with E-state index >= 15 is 0 Å². The van der Waals surface area contributed by atoms with Crippen molar-refractivity contribution in [3.63, 3.8) is 0 Å². The molecule has 1 aromatic heterocycles. The zero-order chi connectivity index (χ0) is 18.0. The lowest BCUT2D eigenvalue weighted by Gasteiger charge is -2.33. The Kier molecular flexibility index (Phi) is 6.95. The number of unbranched alkanes of at least 4 members (excludes halogenated alkanes) is 3. The summed E-state index contributed by atoms with van der Waals surface area (Å²) in [6.07, 6.45) is 4.40. The molecule has 0 saturated carbocycles. The highest BCUT2D eigenvalue weighted by Crippen LogP contribution is 2.49. The number of aromatic amines is 1. The average molecular weight is 391 g/mol. The standard InChI is InChI=1S/C15H23N2O7P.H3N/c1-2-3-4-5-6-10-8-17(15(19)16-14(10)18)13-7-11-12(23-13)9-22-25(20,21)24-11;/h8,11-13H,2-7,9H2,1H3,(H,20,21)(H,16,18,19);1H3. The maximum atomic E-state index is 12.1. The van der Waals surface area contributed by atoms with Crippen molar-refractivity contribution < 1.29 is 23.2 Å². The van der Waals surface area contributed by atoms with Crippen molar-refractivity contribution in [2.24, 2.45) is 0 Å². The van der Waals surface area contributed by atoms with Crippen LogP contribution in [0.2, 0.25) is 0 Å². The number of quaternary nitrogens is 1. The Labute approximate surface area is 150 Å². The first-order chi connectivity index (χ1) is 11.9. The Bertz CT molecular complexity index is 777. The molecular weight excluding hydrogens is 365 g/mol. The summed E-state index contributed by atoms with van der Waals surface area (Å²) in [5.41, 5.74) is -0.463. The first-order valence-electron chi connectivity index (χ1n) is 8.53. The molecule has 1 aromatic rings. The van der Waals surface area contributed by atoms with E-state index in [0.29, 0.717) is 12.0 Å². The van der Waals surface area contributed by atoms with Crippen LogP contribution in [-0.2, 0) is 24.8 Å². The van der Waals surface area contributed by atoms with Crippen molar-refractivity contribution >= 4 is 7.82 Å². The van der Waals surface area contributed by atoms with E-state index in [4.69, 9.17) is 9.26 Å². The molecule has 0 spiro atoms. The molecule has 0 aromatic carbocycles. The van der Waals surface area contributed by atoms with Gasteiger partial charge in [0.25, 0.3) is 13.4 Å². The van der Waals surface area contributed by atoms with Crippen LogP contribution in [0, 0.1) is 0 Å². The lowest BCUT2D eigenvalue weighted by Crippen LogP contribution is -2.35. The van der Waals surface area contributed by atoms with E-state index in [1.54, 1.807) is 0 Å². The third kappa shape index (κ3) is 4.70. The van der Waals surface area contributed by atoms with Gasteiger partial charge in [-0.25, -0.2) is 4.79 Å². The summed E-state index contributed by atoms with van der Waals surface area (Å²) < 4.78 is 27.9. The van der Waals surface area contributed by atoms with Gasteiger partial charge in [0, 0.05) is 18.2 Å². The molecule has 3 heterocycles. The number of hydrogen-bond donors (Lipinski definition) is 2. The maximum Gasteiger partial charge on any atom is 0.330 e. The molecule has 2 aliphatic heterocycles. The number of nitrogens with zero attached hydrogens (tertiary/aromatic N) is 1. The predicted molar refractivity (Wildman–Crippen MR) is 92.1 cm³/mol. The quantitative estimate of drug-likeness (QED) is 0.544. The normalized spacial score (nSPS) is 30.6. The minimum absolute atomic E-state index is 0. The highest BCUT2D eigenvalue weighted by molar-refractivity contribution is 7.45. The highest BCUT2D eigenvalue weighted by Gasteiger charge is 2.43. The van der Waals surface area contributed by atoms with Crippen LogP contribution in [-0.4, -0.2) is 28.4 Å². The van der Waals surface area contributed by atoms with Crippen LogP contribution in [0.1, 0.15) is 50.8 Å². The number of H-pyrrole nitrogens is 1. The van der Waals surface area contributed by atoms with Gasteiger partial charge in [-0.3, -0.25) is 18.9 Å². The van der Waals surface area contributed by atoms with Gasteiger partial charge in [0.2, 0.25) is 0 Å². The van der Waals surface area contributed by atoms with Crippen LogP contribution < -0.4 is 22.3 Å². The van der Waals surface area contributed by atoms with Crippen LogP contribution >= 0.6 is 7.82 Å². The van der Waals surface area contributed by atoms with Crippen LogP contribution in [0.5, 0.6) is 0 Å². The molecule has 148 valence electrons. The van der Waals surface area contributed by atoms with E-state index in [9.17, 15) is 19.0 Å². The van der Waals surface area contributed by atoms with Gasteiger partial charge >= 0.3 is 5.69 Å². The number of phosphoric acid groups is 1. The zero-order valence-electron chi connectivity index (χ0n) is 15.0. The summed E-state index contributed by atoms with van der Waals surface area (Å²) in [7, 11) is -4.30. The monoisotopic (exact) mass is 391 g/mol. The van der Waals surface area contributed by atoms with Crippen LogP contribution in [0.4, 0.5) is 0 Å². The second-order valence-corrected chi connectivity index (χ2v) is 7.75. The van der Waals surface area contributed by atoms with E-state index in [-0.39, 0.29) is 19.2 Å². The Morgan fingerprint density at radius 1 is 1.31 bits per heavy atom. The fourth-order valence-electron chi connectivity index (χ4n) is 3.15. The number of phosphoric ester groups is 1. The molecule has 5 N–H and O–H groups in total. The number of aromatic nitrogens is 2. The Hall–Kier alpha value is -1.29.